The average Bonchev–Trinajstić information content (AvgIpc) is 3.17. The number of β-lactam (4-membered cyclic amide) rings is 1. The standard InChI is InChI=1S/C20H30N4O6S/c1-9-15-14(10(2)25)19(28)24(15)16(20(29)30)17(9)31-12-5-13(22-7-12)18(27)23-4-3-21-6-11(26)8-23/h9-15,21-22,25-26H,3-8H2,1-2H3,(H,29,30)/t9-,10?,11?,12+,13+,14-,15-/m1/s1. The molecule has 4 aliphatic rings. The van der Waals surface area contributed by atoms with Crippen molar-refractivity contribution in [2.24, 2.45) is 11.8 Å². The number of aliphatic carboxylic acids is 1. The van der Waals surface area contributed by atoms with Gasteiger partial charge in [-0.1, -0.05) is 6.92 Å². The number of hydrogen-bond donors (Lipinski definition) is 5. The Morgan fingerprint density at radius 1 is 1.29 bits per heavy atom. The van der Waals surface area contributed by atoms with Crippen LogP contribution in [-0.4, -0.2) is 105 Å². The van der Waals surface area contributed by atoms with Gasteiger partial charge in [0.15, 0.2) is 0 Å². The van der Waals surface area contributed by atoms with E-state index in [-0.39, 0.29) is 40.8 Å². The zero-order chi connectivity index (χ0) is 22.4. The van der Waals surface area contributed by atoms with Crippen LogP contribution in [0.25, 0.3) is 0 Å². The molecule has 0 radical (unpaired) electrons. The van der Waals surface area contributed by atoms with Crippen LogP contribution < -0.4 is 10.6 Å². The Bertz CT molecular complexity index is 805. The Balaban J connectivity index is 1.44. The Labute approximate surface area is 185 Å². The molecule has 0 aromatic carbocycles. The molecule has 5 N–H and O–H groups in total. The minimum atomic E-state index is -1.14. The van der Waals surface area contributed by atoms with Crippen molar-refractivity contribution < 1.29 is 29.7 Å². The maximum Gasteiger partial charge on any atom is 0.353 e. The van der Waals surface area contributed by atoms with E-state index in [1.807, 2.05) is 6.92 Å². The largest absolute Gasteiger partial charge is 0.477 e. The molecule has 4 rings (SSSR count). The van der Waals surface area contributed by atoms with Crippen molar-refractivity contribution in [3.05, 3.63) is 10.6 Å². The quantitative estimate of drug-likeness (QED) is 0.310. The highest BCUT2D eigenvalue weighted by Gasteiger charge is 2.60. The van der Waals surface area contributed by atoms with E-state index in [1.165, 1.54) is 16.7 Å². The number of hydrogen-bond acceptors (Lipinski definition) is 8. The number of carbonyl (C=O) groups is 3. The summed E-state index contributed by atoms with van der Waals surface area (Å²) in [5, 5.41) is 36.0. The van der Waals surface area contributed by atoms with Crippen molar-refractivity contribution in [3.8, 4) is 0 Å². The lowest BCUT2D eigenvalue weighted by molar-refractivity contribution is -0.163. The van der Waals surface area contributed by atoms with Crippen LogP contribution in [0.15, 0.2) is 10.6 Å². The van der Waals surface area contributed by atoms with Gasteiger partial charge in [-0.25, -0.2) is 4.79 Å². The number of nitrogens with one attached hydrogen (secondary N) is 2. The monoisotopic (exact) mass is 454 g/mol. The first-order valence-electron chi connectivity index (χ1n) is 10.8. The summed E-state index contributed by atoms with van der Waals surface area (Å²) in [6.45, 7) is 5.95. The summed E-state index contributed by atoms with van der Waals surface area (Å²) in [4.78, 5) is 41.0. The van der Waals surface area contributed by atoms with Crippen LogP contribution in [0.1, 0.15) is 20.3 Å². The zero-order valence-electron chi connectivity index (χ0n) is 17.7. The molecule has 7 atom stereocenters. The summed E-state index contributed by atoms with van der Waals surface area (Å²) >= 11 is 1.42. The van der Waals surface area contributed by atoms with Crippen LogP contribution in [0.2, 0.25) is 0 Å². The molecule has 0 aliphatic carbocycles. The van der Waals surface area contributed by atoms with Gasteiger partial charge in [-0.2, -0.15) is 0 Å². The van der Waals surface area contributed by atoms with Crippen LogP contribution in [0.4, 0.5) is 0 Å². The molecular formula is C20H30N4O6S. The number of aliphatic hydroxyl groups is 2. The van der Waals surface area contributed by atoms with Crippen LogP contribution >= 0.6 is 11.8 Å². The Kier molecular flexibility index (Phi) is 6.32. The van der Waals surface area contributed by atoms with Gasteiger partial charge in [0.1, 0.15) is 5.70 Å². The number of rotatable bonds is 5. The first-order chi connectivity index (χ1) is 14.7. The lowest BCUT2D eigenvalue weighted by Crippen LogP contribution is -2.63. The SMILES string of the molecule is CC(O)[C@H]1C(=O)N2C(C(=O)O)=C(S[C@@H]3CN[C@H](C(=O)N4CCNCC(O)C4)C3)[C@H](C)[C@H]12. The normalized spacial score (nSPS) is 36.8. The van der Waals surface area contributed by atoms with Crippen LogP contribution in [-0.2, 0) is 14.4 Å². The summed E-state index contributed by atoms with van der Waals surface area (Å²) in [6, 6.07) is -0.712. The number of thioether (sulfide) groups is 1. The van der Waals surface area contributed by atoms with Crippen molar-refractivity contribution >= 4 is 29.5 Å². The number of carboxylic acids is 1. The highest BCUT2D eigenvalue weighted by molar-refractivity contribution is 8.03. The maximum atomic E-state index is 12.9. The fourth-order valence-electron chi connectivity index (χ4n) is 5.15. The van der Waals surface area contributed by atoms with Gasteiger partial charge in [0, 0.05) is 48.8 Å². The third kappa shape index (κ3) is 3.97. The lowest BCUT2D eigenvalue weighted by atomic mass is 9.79. The lowest BCUT2D eigenvalue weighted by Gasteiger charge is -2.46. The Hall–Kier alpha value is -1.66. The van der Waals surface area contributed by atoms with Crippen molar-refractivity contribution in [3.63, 3.8) is 0 Å². The molecule has 3 saturated heterocycles. The average molecular weight is 455 g/mol. The van der Waals surface area contributed by atoms with Crippen LogP contribution in [0.5, 0.6) is 0 Å². The van der Waals surface area contributed by atoms with Crippen LogP contribution in [0.3, 0.4) is 0 Å². The summed E-state index contributed by atoms with van der Waals surface area (Å²) in [7, 11) is 0. The second kappa shape index (κ2) is 8.70. The number of β-amino-alcohol motifs (C(OH)–C–C–N with tert-alkyl or cyclic N) is 1. The molecular weight excluding hydrogens is 424 g/mol. The molecule has 2 unspecified atom stereocenters. The molecule has 0 bridgehead atoms. The molecule has 0 spiro atoms. The van der Waals surface area contributed by atoms with E-state index in [9.17, 15) is 29.7 Å². The molecule has 3 fully saturated rings. The molecule has 2 amide bonds. The fourth-order valence-corrected chi connectivity index (χ4v) is 6.63. The van der Waals surface area contributed by atoms with Gasteiger partial charge in [0.25, 0.3) is 0 Å². The highest BCUT2D eigenvalue weighted by Crippen LogP contribution is 2.51. The predicted octanol–water partition coefficient (Wildman–Crippen LogP) is -1.60. The van der Waals surface area contributed by atoms with E-state index in [1.54, 1.807) is 11.8 Å². The van der Waals surface area contributed by atoms with Gasteiger partial charge in [-0.15, -0.1) is 11.8 Å². The molecule has 0 saturated carbocycles. The molecule has 0 aromatic rings. The highest BCUT2D eigenvalue weighted by atomic mass is 32.2. The fraction of sp³-hybridized carbons (Fsp3) is 0.750. The smallest absolute Gasteiger partial charge is 0.353 e. The molecule has 10 nitrogen and oxygen atoms in total. The van der Waals surface area contributed by atoms with E-state index in [0.29, 0.717) is 44.0 Å². The molecule has 4 heterocycles. The second-order valence-corrected chi connectivity index (χ2v) is 10.2. The molecule has 11 heteroatoms. The number of aliphatic hydroxyl groups excluding tert-OH is 2. The first kappa shape index (κ1) is 22.5. The molecule has 4 aliphatic heterocycles. The number of carboxylic acid groups (broad SMARTS) is 1. The number of carbonyl (C=O) groups excluding carboxylic acids is 2. The van der Waals surface area contributed by atoms with Crippen molar-refractivity contribution in [1.29, 1.82) is 0 Å². The van der Waals surface area contributed by atoms with Gasteiger partial charge in [-0.3, -0.25) is 9.59 Å². The predicted molar refractivity (Wildman–Crippen MR) is 113 cm³/mol. The number of nitrogens with zero attached hydrogens (tertiary/aromatic N) is 2. The topological polar surface area (TPSA) is 142 Å². The van der Waals surface area contributed by atoms with Crippen molar-refractivity contribution in [2.75, 3.05) is 32.7 Å². The minimum Gasteiger partial charge on any atom is -0.477 e. The van der Waals surface area contributed by atoms with E-state index in [2.05, 4.69) is 10.6 Å². The molecule has 172 valence electrons. The van der Waals surface area contributed by atoms with Crippen LogP contribution in [0, 0.1) is 11.8 Å². The van der Waals surface area contributed by atoms with E-state index in [0.717, 1.165) is 0 Å². The Morgan fingerprint density at radius 3 is 2.71 bits per heavy atom. The summed E-state index contributed by atoms with van der Waals surface area (Å²) in [5.74, 6) is -2.30. The number of amides is 2. The van der Waals surface area contributed by atoms with Gasteiger partial charge in [0.2, 0.25) is 11.8 Å². The van der Waals surface area contributed by atoms with Gasteiger partial charge >= 0.3 is 5.97 Å². The Morgan fingerprint density at radius 2 is 2.03 bits per heavy atom. The molecule has 0 aromatic heterocycles. The minimum absolute atomic E-state index is 0.00502. The van der Waals surface area contributed by atoms with E-state index in [4.69, 9.17) is 0 Å². The number of fused-ring (bicyclic) bond motifs is 1. The van der Waals surface area contributed by atoms with Gasteiger partial charge in [-0.05, 0) is 13.3 Å². The summed E-state index contributed by atoms with van der Waals surface area (Å²) < 4.78 is 0. The maximum absolute atomic E-state index is 12.9. The molecule has 31 heavy (non-hydrogen) atoms. The van der Waals surface area contributed by atoms with E-state index < -0.39 is 24.1 Å². The zero-order valence-corrected chi connectivity index (χ0v) is 18.5. The second-order valence-electron chi connectivity index (χ2n) is 8.85. The van der Waals surface area contributed by atoms with Crippen molar-refractivity contribution in [1.82, 2.24) is 20.4 Å². The summed E-state index contributed by atoms with van der Waals surface area (Å²) in [5.41, 5.74) is 0.0147. The third-order valence-corrected chi connectivity index (χ3v) is 8.19. The van der Waals surface area contributed by atoms with E-state index >= 15 is 0 Å². The van der Waals surface area contributed by atoms with Crippen molar-refractivity contribution in [2.45, 2.75) is 49.8 Å². The summed E-state index contributed by atoms with van der Waals surface area (Å²) in [6.07, 6.45) is -0.876. The van der Waals surface area contributed by atoms with Gasteiger partial charge < -0.3 is 35.8 Å². The van der Waals surface area contributed by atoms with Gasteiger partial charge in [0.05, 0.1) is 30.2 Å². The first-order valence-corrected chi connectivity index (χ1v) is 11.6. The third-order valence-electron chi connectivity index (χ3n) is 6.67.